The van der Waals surface area contributed by atoms with Crippen molar-refractivity contribution in [3.63, 3.8) is 0 Å². The Kier molecular flexibility index (Phi) is 4.16. The van der Waals surface area contributed by atoms with E-state index in [4.69, 9.17) is 27.6 Å². The third-order valence-electron chi connectivity index (χ3n) is 4.24. The number of imidazole rings is 1. The van der Waals surface area contributed by atoms with Crippen molar-refractivity contribution >= 4 is 34.4 Å². The predicted molar refractivity (Wildman–Crippen MR) is 101 cm³/mol. The summed E-state index contributed by atoms with van der Waals surface area (Å²) in [7, 11) is 2.94. The van der Waals surface area contributed by atoms with Gasteiger partial charge in [-0.2, -0.15) is 4.98 Å². The highest BCUT2D eigenvalue weighted by Gasteiger charge is 2.19. The third-order valence-corrected chi connectivity index (χ3v) is 4.77. The van der Waals surface area contributed by atoms with Gasteiger partial charge in [0.25, 0.3) is 5.56 Å². The molecular weight excluding hydrogens is 393 g/mol. The fourth-order valence-electron chi connectivity index (χ4n) is 2.86. The molecule has 0 atom stereocenters. The van der Waals surface area contributed by atoms with E-state index in [1.807, 2.05) is 6.07 Å². The average Bonchev–Trinajstić information content (AvgIpc) is 3.24. The Balaban J connectivity index is 1.80. The van der Waals surface area contributed by atoms with Gasteiger partial charge in [0.1, 0.15) is 6.26 Å². The fourth-order valence-corrected chi connectivity index (χ4v) is 3.27. The largest absolute Gasteiger partial charge is 0.444 e. The molecule has 0 saturated carbocycles. The zero-order chi connectivity index (χ0) is 19.3. The van der Waals surface area contributed by atoms with E-state index in [1.165, 1.54) is 29.5 Å². The molecule has 0 aliphatic rings. The Hall–Kier alpha value is -2.84. The van der Waals surface area contributed by atoms with Crippen LogP contribution in [0.5, 0.6) is 0 Å². The molecule has 3 heterocycles. The minimum absolute atomic E-state index is 0.0793. The first-order valence-electron chi connectivity index (χ1n) is 7.89. The Labute approximate surface area is 162 Å². The Morgan fingerprint density at radius 1 is 1.11 bits per heavy atom. The van der Waals surface area contributed by atoms with Crippen molar-refractivity contribution in [2.24, 2.45) is 14.1 Å². The van der Waals surface area contributed by atoms with E-state index in [9.17, 15) is 9.59 Å². The Bertz CT molecular complexity index is 1300. The summed E-state index contributed by atoms with van der Waals surface area (Å²) in [5.41, 5.74) is 0.754. The zero-order valence-corrected chi connectivity index (χ0v) is 15.8. The molecule has 8 nitrogen and oxygen atoms in total. The predicted octanol–water partition coefficient (Wildman–Crippen LogP) is 2.44. The number of halogens is 2. The SMILES string of the molecule is Cn1c(=O)c2c(nc(Cl)n2Cc2coc(-c3cccc(Cl)c3)n2)n(C)c1=O. The quantitative estimate of drug-likeness (QED) is 0.488. The molecule has 0 unspecified atom stereocenters. The number of aryl methyl sites for hydroxylation is 1. The van der Waals surface area contributed by atoms with Gasteiger partial charge in [-0.3, -0.25) is 13.9 Å². The van der Waals surface area contributed by atoms with E-state index in [2.05, 4.69) is 9.97 Å². The molecule has 1 aromatic carbocycles. The molecule has 27 heavy (non-hydrogen) atoms. The molecule has 0 amide bonds. The molecule has 4 aromatic rings. The van der Waals surface area contributed by atoms with Crippen LogP contribution in [-0.2, 0) is 20.6 Å². The molecule has 10 heteroatoms. The van der Waals surface area contributed by atoms with Gasteiger partial charge in [-0.05, 0) is 29.8 Å². The smallest absolute Gasteiger partial charge is 0.332 e. The van der Waals surface area contributed by atoms with Crippen molar-refractivity contribution in [3.05, 3.63) is 67.4 Å². The van der Waals surface area contributed by atoms with E-state index >= 15 is 0 Å². The van der Waals surface area contributed by atoms with Crippen LogP contribution in [0.4, 0.5) is 0 Å². The third kappa shape index (κ3) is 2.87. The van der Waals surface area contributed by atoms with Crippen molar-refractivity contribution in [2.45, 2.75) is 6.54 Å². The van der Waals surface area contributed by atoms with Gasteiger partial charge in [0, 0.05) is 24.7 Å². The van der Waals surface area contributed by atoms with Gasteiger partial charge in [-0.15, -0.1) is 0 Å². The summed E-state index contributed by atoms with van der Waals surface area (Å²) in [4.78, 5) is 33.2. The number of aromatic nitrogens is 5. The maximum atomic E-state index is 12.6. The average molecular weight is 406 g/mol. The van der Waals surface area contributed by atoms with Crippen molar-refractivity contribution < 1.29 is 4.42 Å². The van der Waals surface area contributed by atoms with Crippen LogP contribution in [0.3, 0.4) is 0 Å². The highest BCUT2D eigenvalue weighted by Crippen LogP contribution is 2.23. The molecule has 0 N–H and O–H groups in total. The summed E-state index contributed by atoms with van der Waals surface area (Å²) < 4.78 is 9.30. The van der Waals surface area contributed by atoms with E-state index in [0.29, 0.717) is 16.6 Å². The molecule has 0 aliphatic carbocycles. The fraction of sp³-hybridized carbons (Fsp3) is 0.176. The van der Waals surface area contributed by atoms with Gasteiger partial charge >= 0.3 is 5.69 Å². The molecule has 4 rings (SSSR count). The van der Waals surface area contributed by atoms with Gasteiger partial charge in [-0.1, -0.05) is 17.7 Å². The van der Waals surface area contributed by atoms with Crippen LogP contribution in [0.15, 0.2) is 44.5 Å². The molecule has 0 saturated heterocycles. The molecule has 138 valence electrons. The Morgan fingerprint density at radius 2 is 1.89 bits per heavy atom. The molecule has 0 fully saturated rings. The van der Waals surface area contributed by atoms with Gasteiger partial charge in [0.15, 0.2) is 11.2 Å². The standard InChI is InChI=1S/C17H13Cl2N5O3/c1-22-13-12(15(25)23(2)17(22)26)24(16(19)21-13)7-11-8-27-14(20-11)9-4-3-5-10(18)6-9/h3-6,8H,7H2,1-2H3. The van der Waals surface area contributed by atoms with Crippen LogP contribution < -0.4 is 11.2 Å². The number of rotatable bonds is 3. The van der Waals surface area contributed by atoms with Crippen LogP contribution in [0, 0.1) is 0 Å². The van der Waals surface area contributed by atoms with Crippen LogP contribution >= 0.6 is 23.2 Å². The topological polar surface area (TPSA) is 87.8 Å². The highest BCUT2D eigenvalue weighted by molar-refractivity contribution is 6.30. The zero-order valence-electron chi connectivity index (χ0n) is 14.3. The number of fused-ring (bicyclic) bond motifs is 1. The molecule has 0 radical (unpaired) electrons. The molecule has 0 spiro atoms. The monoisotopic (exact) mass is 405 g/mol. The first kappa shape index (κ1) is 17.6. The lowest BCUT2D eigenvalue weighted by Crippen LogP contribution is -2.37. The first-order chi connectivity index (χ1) is 12.9. The van der Waals surface area contributed by atoms with Crippen LogP contribution in [0.25, 0.3) is 22.6 Å². The minimum Gasteiger partial charge on any atom is -0.444 e. The summed E-state index contributed by atoms with van der Waals surface area (Å²) >= 11 is 12.2. The van der Waals surface area contributed by atoms with E-state index in [1.54, 1.807) is 18.2 Å². The minimum atomic E-state index is -0.481. The highest BCUT2D eigenvalue weighted by atomic mass is 35.5. The molecule has 0 aliphatic heterocycles. The number of nitrogens with zero attached hydrogens (tertiary/aromatic N) is 5. The summed E-state index contributed by atoms with van der Waals surface area (Å²) in [5.74, 6) is 0.397. The summed E-state index contributed by atoms with van der Waals surface area (Å²) in [6.07, 6.45) is 1.48. The van der Waals surface area contributed by atoms with Crippen LogP contribution in [0.1, 0.15) is 5.69 Å². The summed E-state index contributed by atoms with van der Waals surface area (Å²) in [6.45, 7) is 0.160. The lowest BCUT2D eigenvalue weighted by molar-refractivity contribution is 0.571. The van der Waals surface area contributed by atoms with E-state index in [-0.39, 0.29) is 23.0 Å². The Morgan fingerprint density at radius 3 is 2.63 bits per heavy atom. The lowest BCUT2D eigenvalue weighted by Gasteiger charge is -2.05. The second-order valence-electron chi connectivity index (χ2n) is 6.00. The number of oxazole rings is 1. The molecule has 3 aromatic heterocycles. The maximum absolute atomic E-state index is 12.6. The molecular formula is C17H13Cl2N5O3. The van der Waals surface area contributed by atoms with Gasteiger partial charge < -0.3 is 8.98 Å². The number of hydrogen-bond acceptors (Lipinski definition) is 5. The van der Waals surface area contributed by atoms with Gasteiger partial charge in [0.2, 0.25) is 11.2 Å². The van der Waals surface area contributed by atoms with Crippen molar-refractivity contribution in [1.82, 2.24) is 23.7 Å². The number of benzene rings is 1. The lowest BCUT2D eigenvalue weighted by atomic mass is 10.2. The second kappa shape index (κ2) is 6.40. The van der Waals surface area contributed by atoms with Gasteiger partial charge in [-0.25, -0.2) is 9.78 Å². The second-order valence-corrected chi connectivity index (χ2v) is 6.77. The maximum Gasteiger partial charge on any atom is 0.332 e. The molecule has 0 bridgehead atoms. The van der Waals surface area contributed by atoms with E-state index in [0.717, 1.165) is 10.1 Å². The number of hydrogen-bond donors (Lipinski definition) is 0. The summed E-state index contributed by atoms with van der Waals surface area (Å²) in [5, 5.41) is 0.649. The normalized spacial score (nSPS) is 11.4. The van der Waals surface area contributed by atoms with Crippen LogP contribution in [-0.4, -0.2) is 23.7 Å². The van der Waals surface area contributed by atoms with E-state index < -0.39 is 11.2 Å². The first-order valence-corrected chi connectivity index (χ1v) is 8.64. The van der Waals surface area contributed by atoms with Crippen LogP contribution in [0.2, 0.25) is 10.3 Å². The summed E-state index contributed by atoms with van der Waals surface area (Å²) in [6, 6.07) is 7.12. The van der Waals surface area contributed by atoms with Crippen molar-refractivity contribution in [1.29, 1.82) is 0 Å². The van der Waals surface area contributed by atoms with Crippen molar-refractivity contribution in [3.8, 4) is 11.5 Å². The van der Waals surface area contributed by atoms with Crippen molar-refractivity contribution in [2.75, 3.05) is 0 Å². The van der Waals surface area contributed by atoms with Gasteiger partial charge in [0.05, 0.1) is 12.2 Å².